The van der Waals surface area contributed by atoms with Crippen LogP contribution in [0.4, 0.5) is 0 Å². The lowest BCUT2D eigenvalue weighted by Crippen LogP contribution is -1.98. The zero-order valence-electron chi connectivity index (χ0n) is 12.6. The smallest absolute Gasteiger partial charge is 0.101 e. The predicted octanol–water partition coefficient (Wildman–Crippen LogP) is 5.01. The highest BCUT2D eigenvalue weighted by molar-refractivity contribution is 5.69. The van der Waals surface area contributed by atoms with Crippen LogP contribution in [0.3, 0.4) is 0 Å². The van der Waals surface area contributed by atoms with Gasteiger partial charge in [0.25, 0.3) is 0 Å². The molecule has 0 unspecified atom stereocenters. The molecule has 0 amide bonds. The Bertz CT molecular complexity index is 838. The van der Waals surface area contributed by atoms with E-state index in [1.807, 2.05) is 59.3 Å². The van der Waals surface area contributed by atoms with Gasteiger partial charge in [0.1, 0.15) is 5.69 Å². The zero-order chi connectivity index (χ0) is 15.5. The van der Waals surface area contributed by atoms with Crippen LogP contribution in [0.1, 0.15) is 0 Å². The Morgan fingerprint density at radius 2 is 1.13 bits per heavy atom. The number of aromatic nitrogens is 2. The fraction of sp³-hybridized carbons (Fsp3) is 0. The van der Waals surface area contributed by atoms with Gasteiger partial charge in [-0.15, -0.1) is 0 Å². The van der Waals surface area contributed by atoms with E-state index >= 15 is 0 Å². The van der Waals surface area contributed by atoms with E-state index in [4.69, 9.17) is 5.10 Å². The molecule has 0 spiro atoms. The Morgan fingerprint density at radius 1 is 0.609 bits per heavy atom. The molecule has 2 nitrogen and oxygen atoms in total. The van der Waals surface area contributed by atoms with Gasteiger partial charge in [-0.25, -0.2) is 4.68 Å². The van der Waals surface area contributed by atoms with Crippen LogP contribution in [0.15, 0.2) is 91.0 Å². The first kappa shape index (κ1) is 13.5. The molecule has 4 rings (SSSR count). The molecule has 0 atom stereocenters. The van der Waals surface area contributed by atoms with Gasteiger partial charge in [-0.05, 0) is 12.1 Å². The van der Waals surface area contributed by atoms with Crippen molar-refractivity contribution in [3.63, 3.8) is 0 Å². The summed E-state index contributed by atoms with van der Waals surface area (Å²) in [6.45, 7) is 0. The standard InChI is InChI=1S/C21H15N2/c1-4-10-17(11-5-1)20-16-21(18-12-6-2-7-13-18)23(22-20)19-14-8-3-9-15-19/h1-15H. The summed E-state index contributed by atoms with van der Waals surface area (Å²) in [6, 6.07) is 34.1. The number of nitrogens with zero attached hydrogens (tertiary/aromatic N) is 2. The van der Waals surface area contributed by atoms with E-state index in [1.165, 1.54) is 0 Å². The first-order chi connectivity index (χ1) is 11.4. The molecule has 109 valence electrons. The third kappa shape index (κ3) is 2.67. The first-order valence-electron chi connectivity index (χ1n) is 7.60. The molecule has 0 aliphatic heterocycles. The van der Waals surface area contributed by atoms with Gasteiger partial charge in [-0.1, -0.05) is 78.9 Å². The Kier molecular flexibility index (Phi) is 3.49. The van der Waals surface area contributed by atoms with E-state index in [9.17, 15) is 0 Å². The predicted molar refractivity (Wildman–Crippen MR) is 93.3 cm³/mol. The highest BCUT2D eigenvalue weighted by atomic mass is 15.3. The van der Waals surface area contributed by atoms with Gasteiger partial charge in [-0.2, -0.15) is 5.10 Å². The third-order valence-corrected chi connectivity index (χ3v) is 3.74. The van der Waals surface area contributed by atoms with Crippen molar-refractivity contribution in [3.8, 4) is 28.2 Å². The lowest BCUT2D eigenvalue weighted by atomic mass is 10.1. The second-order valence-corrected chi connectivity index (χ2v) is 5.30. The van der Waals surface area contributed by atoms with Gasteiger partial charge in [0.2, 0.25) is 0 Å². The van der Waals surface area contributed by atoms with Crippen molar-refractivity contribution in [2.45, 2.75) is 0 Å². The molecule has 23 heavy (non-hydrogen) atoms. The van der Waals surface area contributed by atoms with E-state index in [2.05, 4.69) is 42.5 Å². The highest BCUT2D eigenvalue weighted by Gasteiger charge is 2.13. The van der Waals surface area contributed by atoms with Crippen molar-refractivity contribution in [1.82, 2.24) is 9.78 Å². The molecule has 1 aromatic heterocycles. The van der Waals surface area contributed by atoms with Gasteiger partial charge in [0.15, 0.2) is 0 Å². The number of hydrogen-bond acceptors (Lipinski definition) is 1. The summed E-state index contributed by atoms with van der Waals surface area (Å²) in [6.07, 6.45) is 0. The fourth-order valence-corrected chi connectivity index (χ4v) is 2.61. The molecular formula is C21H15N2. The Morgan fingerprint density at radius 3 is 1.74 bits per heavy atom. The fourth-order valence-electron chi connectivity index (χ4n) is 2.61. The summed E-state index contributed by atoms with van der Waals surface area (Å²) in [7, 11) is 0. The van der Waals surface area contributed by atoms with Crippen LogP contribution in [0, 0.1) is 6.07 Å². The molecule has 2 heteroatoms. The van der Waals surface area contributed by atoms with Crippen molar-refractivity contribution in [2.75, 3.05) is 0 Å². The van der Waals surface area contributed by atoms with Crippen LogP contribution in [0.2, 0.25) is 0 Å². The van der Waals surface area contributed by atoms with E-state index in [0.29, 0.717) is 0 Å². The number of hydrogen-bond donors (Lipinski definition) is 0. The average molecular weight is 295 g/mol. The average Bonchev–Trinajstić information content (AvgIpc) is 3.09. The Labute approximate surface area is 135 Å². The molecule has 1 radical (unpaired) electrons. The normalized spacial score (nSPS) is 10.6. The molecule has 4 aromatic rings. The quantitative estimate of drug-likeness (QED) is 0.519. The maximum atomic E-state index is 4.79. The number of para-hydroxylation sites is 1. The summed E-state index contributed by atoms with van der Waals surface area (Å²) >= 11 is 0. The van der Waals surface area contributed by atoms with E-state index < -0.39 is 0 Å². The van der Waals surface area contributed by atoms with E-state index in [1.54, 1.807) is 0 Å². The van der Waals surface area contributed by atoms with Crippen molar-refractivity contribution in [1.29, 1.82) is 0 Å². The lowest BCUT2D eigenvalue weighted by Gasteiger charge is -2.06. The minimum Gasteiger partial charge on any atom is -0.232 e. The minimum atomic E-state index is 0.855. The third-order valence-electron chi connectivity index (χ3n) is 3.74. The largest absolute Gasteiger partial charge is 0.232 e. The van der Waals surface area contributed by atoms with Crippen LogP contribution < -0.4 is 0 Å². The molecule has 0 aliphatic carbocycles. The van der Waals surface area contributed by atoms with Gasteiger partial charge < -0.3 is 0 Å². The van der Waals surface area contributed by atoms with Crippen LogP contribution in [0.25, 0.3) is 28.2 Å². The topological polar surface area (TPSA) is 17.8 Å². The van der Waals surface area contributed by atoms with Crippen molar-refractivity contribution < 1.29 is 0 Å². The number of benzene rings is 3. The van der Waals surface area contributed by atoms with Gasteiger partial charge >= 0.3 is 0 Å². The molecule has 0 N–H and O–H groups in total. The minimum absolute atomic E-state index is 0.855. The summed E-state index contributed by atoms with van der Waals surface area (Å²) in [4.78, 5) is 0. The Balaban J connectivity index is 1.91. The molecular weight excluding hydrogens is 280 g/mol. The second kappa shape index (κ2) is 5.93. The zero-order valence-corrected chi connectivity index (χ0v) is 12.6. The molecule has 1 heterocycles. The van der Waals surface area contributed by atoms with Crippen LogP contribution >= 0.6 is 0 Å². The molecule has 0 saturated carbocycles. The van der Waals surface area contributed by atoms with Crippen LogP contribution in [0.5, 0.6) is 0 Å². The molecule has 0 bridgehead atoms. The monoisotopic (exact) mass is 295 g/mol. The Hall–Kier alpha value is -3.13. The SMILES string of the molecule is [c]1c(-c2ccccc2)nn(-c2ccccc2)c1-c1ccccc1. The maximum absolute atomic E-state index is 4.79. The van der Waals surface area contributed by atoms with Crippen molar-refractivity contribution in [3.05, 3.63) is 97.1 Å². The summed E-state index contributed by atoms with van der Waals surface area (Å²) in [5.41, 5.74) is 5.03. The van der Waals surface area contributed by atoms with Crippen LogP contribution in [-0.2, 0) is 0 Å². The van der Waals surface area contributed by atoms with Gasteiger partial charge in [0, 0.05) is 17.2 Å². The first-order valence-corrected chi connectivity index (χ1v) is 7.60. The molecule has 0 fully saturated rings. The van der Waals surface area contributed by atoms with E-state index in [0.717, 1.165) is 28.2 Å². The van der Waals surface area contributed by atoms with Gasteiger partial charge in [-0.3, -0.25) is 0 Å². The van der Waals surface area contributed by atoms with E-state index in [-0.39, 0.29) is 0 Å². The molecule has 0 saturated heterocycles. The number of rotatable bonds is 3. The lowest BCUT2D eigenvalue weighted by molar-refractivity contribution is 0.892. The highest BCUT2D eigenvalue weighted by Crippen LogP contribution is 2.27. The maximum Gasteiger partial charge on any atom is 0.101 e. The summed E-state index contributed by atoms with van der Waals surface area (Å²) < 4.78 is 1.96. The molecule has 0 aliphatic rings. The van der Waals surface area contributed by atoms with Crippen molar-refractivity contribution in [2.24, 2.45) is 0 Å². The second-order valence-electron chi connectivity index (χ2n) is 5.30. The van der Waals surface area contributed by atoms with Gasteiger partial charge in [0.05, 0.1) is 11.4 Å². The van der Waals surface area contributed by atoms with Crippen LogP contribution in [-0.4, -0.2) is 9.78 Å². The van der Waals surface area contributed by atoms with Crippen molar-refractivity contribution >= 4 is 0 Å². The molecule has 3 aromatic carbocycles. The summed E-state index contributed by atoms with van der Waals surface area (Å²) in [5.74, 6) is 0. The summed E-state index contributed by atoms with van der Waals surface area (Å²) in [5, 5.41) is 4.79.